The van der Waals surface area contributed by atoms with Crippen LogP contribution in [0.3, 0.4) is 0 Å². The van der Waals surface area contributed by atoms with Gasteiger partial charge in [-0.3, -0.25) is 0 Å². The molecule has 2 nitrogen and oxygen atoms in total. The van der Waals surface area contributed by atoms with Crippen LogP contribution in [-0.4, -0.2) is 16.3 Å². The number of unbranched alkanes of at least 4 members (excludes halogenated alkanes) is 1. The van der Waals surface area contributed by atoms with Gasteiger partial charge in [0.25, 0.3) is 0 Å². The summed E-state index contributed by atoms with van der Waals surface area (Å²) in [4.78, 5) is 0. The van der Waals surface area contributed by atoms with Gasteiger partial charge in [-0.2, -0.15) is 0 Å². The molecular weight excluding hydrogens is 128 g/mol. The Kier molecular flexibility index (Phi) is 5.88. The van der Waals surface area contributed by atoms with E-state index >= 15 is 0 Å². The molecule has 0 heterocycles. The molecule has 0 aromatic rings. The van der Waals surface area contributed by atoms with Crippen molar-refractivity contribution in [2.24, 2.45) is 0 Å². The molecule has 10 heavy (non-hydrogen) atoms. The maximum Gasteiger partial charge on any atom is 0.0751 e. The van der Waals surface area contributed by atoms with Gasteiger partial charge in [0.15, 0.2) is 0 Å². The molecule has 0 aromatic carbocycles. The van der Waals surface area contributed by atoms with Crippen molar-refractivity contribution in [1.29, 1.82) is 0 Å². The Labute approximate surface area is 61.5 Å². The van der Waals surface area contributed by atoms with Crippen LogP contribution in [0.25, 0.3) is 0 Å². The summed E-state index contributed by atoms with van der Waals surface area (Å²) in [5.41, 5.74) is 0. The van der Waals surface area contributed by atoms with Crippen molar-refractivity contribution < 1.29 is 10.2 Å². The van der Waals surface area contributed by atoms with Crippen molar-refractivity contribution in [2.45, 2.75) is 25.4 Å². The van der Waals surface area contributed by atoms with Crippen LogP contribution in [0.2, 0.25) is 0 Å². The highest BCUT2D eigenvalue weighted by molar-refractivity contribution is 4.79. The lowest BCUT2D eigenvalue weighted by molar-refractivity contribution is 0.210. The zero-order valence-electron chi connectivity index (χ0n) is 6.03. The Balaban J connectivity index is 3.11. The molecule has 0 spiro atoms. The third kappa shape index (κ3) is 5.38. The number of allylic oxidation sites excluding steroid dienone is 1. The summed E-state index contributed by atoms with van der Waals surface area (Å²) in [6.45, 7) is 3.44. The standard InChI is InChI=1S/C8H14O2/c1-2-8(10)6-4-3-5-7-9/h2,5,7-10H,1,3-4,6H2. The summed E-state index contributed by atoms with van der Waals surface area (Å²) in [6.07, 6.45) is 6.21. The van der Waals surface area contributed by atoms with Crippen LogP contribution in [0.15, 0.2) is 25.0 Å². The molecule has 2 N–H and O–H groups in total. The normalized spacial score (nSPS) is 13.7. The highest BCUT2D eigenvalue weighted by Crippen LogP contribution is 2.01. The SMILES string of the molecule is C=CC(O)CCCC=CO. The van der Waals surface area contributed by atoms with Crippen molar-refractivity contribution in [1.82, 2.24) is 0 Å². The number of aliphatic hydroxyl groups excluding tert-OH is 2. The molecule has 0 aliphatic carbocycles. The fourth-order valence-electron chi connectivity index (χ4n) is 0.637. The first-order valence-electron chi connectivity index (χ1n) is 3.41. The average Bonchev–Trinajstić information content (AvgIpc) is 1.98. The molecule has 0 aromatic heterocycles. The second-order valence-corrected chi connectivity index (χ2v) is 2.12. The van der Waals surface area contributed by atoms with Gasteiger partial charge in [-0.25, -0.2) is 0 Å². The van der Waals surface area contributed by atoms with Gasteiger partial charge in [0.1, 0.15) is 0 Å². The van der Waals surface area contributed by atoms with Crippen LogP contribution in [0.5, 0.6) is 0 Å². The zero-order valence-corrected chi connectivity index (χ0v) is 6.03. The molecule has 0 saturated carbocycles. The van der Waals surface area contributed by atoms with Crippen molar-refractivity contribution >= 4 is 0 Å². The summed E-state index contributed by atoms with van der Waals surface area (Å²) in [5, 5.41) is 17.2. The number of aliphatic hydroxyl groups is 2. The van der Waals surface area contributed by atoms with Gasteiger partial charge in [-0.15, -0.1) is 6.58 Å². The van der Waals surface area contributed by atoms with E-state index in [-0.39, 0.29) is 0 Å². The molecule has 0 aliphatic rings. The molecule has 0 fully saturated rings. The van der Waals surface area contributed by atoms with Crippen molar-refractivity contribution in [2.75, 3.05) is 0 Å². The smallest absolute Gasteiger partial charge is 0.0751 e. The fraction of sp³-hybridized carbons (Fsp3) is 0.500. The van der Waals surface area contributed by atoms with Gasteiger partial charge < -0.3 is 10.2 Å². The largest absolute Gasteiger partial charge is 0.516 e. The fourth-order valence-corrected chi connectivity index (χ4v) is 0.637. The van der Waals surface area contributed by atoms with Gasteiger partial charge in [0.2, 0.25) is 0 Å². The van der Waals surface area contributed by atoms with Gasteiger partial charge in [-0.1, -0.05) is 12.2 Å². The van der Waals surface area contributed by atoms with Crippen molar-refractivity contribution in [3.63, 3.8) is 0 Å². The number of hydrogen-bond acceptors (Lipinski definition) is 2. The minimum Gasteiger partial charge on any atom is -0.516 e. The predicted octanol–water partition coefficient (Wildman–Crippen LogP) is 1.78. The van der Waals surface area contributed by atoms with Crippen LogP contribution in [0, 0.1) is 0 Å². The third-order valence-electron chi connectivity index (χ3n) is 1.25. The van der Waals surface area contributed by atoms with E-state index < -0.39 is 6.10 Å². The molecule has 2 heteroatoms. The minimum absolute atomic E-state index is 0.396. The van der Waals surface area contributed by atoms with E-state index in [0.29, 0.717) is 6.42 Å². The van der Waals surface area contributed by atoms with Crippen molar-refractivity contribution in [3.05, 3.63) is 25.0 Å². The van der Waals surface area contributed by atoms with Gasteiger partial charge in [0, 0.05) is 0 Å². The van der Waals surface area contributed by atoms with E-state index in [1.54, 1.807) is 6.08 Å². The molecule has 0 rings (SSSR count). The van der Waals surface area contributed by atoms with E-state index in [1.807, 2.05) is 0 Å². The summed E-state index contributed by atoms with van der Waals surface area (Å²) >= 11 is 0. The lowest BCUT2D eigenvalue weighted by Gasteiger charge is -2.00. The Bertz CT molecular complexity index is 108. The van der Waals surface area contributed by atoms with E-state index in [9.17, 15) is 0 Å². The third-order valence-corrected chi connectivity index (χ3v) is 1.25. The number of hydrogen-bond donors (Lipinski definition) is 2. The van der Waals surface area contributed by atoms with Crippen molar-refractivity contribution in [3.8, 4) is 0 Å². The van der Waals surface area contributed by atoms with E-state index in [1.165, 1.54) is 6.08 Å². The number of rotatable bonds is 5. The lowest BCUT2D eigenvalue weighted by Crippen LogP contribution is -1.99. The molecule has 0 radical (unpaired) electrons. The molecule has 58 valence electrons. The Morgan fingerprint density at radius 1 is 1.50 bits per heavy atom. The van der Waals surface area contributed by atoms with E-state index in [4.69, 9.17) is 10.2 Å². The maximum absolute atomic E-state index is 8.95. The Hall–Kier alpha value is -0.760. The van der Waals surface area contributed by atoms with Gasteiger partial charge in [0.05, 0.1) is 12.4 Å². The van der Waals surface area contributed by atoms with E-state index in [0.717, 1.165) is 19.1 Å². The first kappa shape index (κ1) is 9.24. The van der Waals surface area contributed by atoms with Crippen LogP contribution in [0.1, 0.15) is 19.3 Å². The highest BCUT2D eigenvalue weighted by Gasteiger charge is 1.94. The van der Waals surface area contributed by atoms with Gasteiger partial charge in [-0.05, 0) is 19.3 Å². The van der Waals surface area contributed by atoms with Crippen LogP contribution in [0.4, 0.5) is 0 Å². The summed E-state index contributed by atoms with van der Waals surface area (Å²) in [7, 11) is 0. The van der Waals surface area contributed by atoms with Gasteiger partial charge >= 0.3 is 0 Å². The van der Waals surface area contributed by atoms with E-state index in [2.05, 4.69) is 6.58 Å². The Morgan fingerprint density at radius 2 is 2.20 bits per heavy atom. The summed E-state index contributed by atoms with van der Waals surface area (Å²) in [6, 6.07) is 0. The molecule has 1 unspecified atom stereocenters. The molecule has 1 atom stereocenters. The topological polar surface area (TPSA) is 40.5 Å². The average molecular weight is 142 g/mol. The first-order chi connectivity index (χ1) is 4.81. The minimum atomic E-state index is -0.396. The molecular formula is C8H14O2. The van der Waals surface area contributed by atoms with Crippen LogP contribution < -0.4 is 0 Å². The first-order valence-corrected chi connectivity index (χ1v) is 3.41. The predicted molar refractivity (Wildman–Crippen MR) is 41.8 cm³/mol. The quantitative estimate of drug-likeness (QED) is 0.349. The zero-order chi connectivity index (χ0) is 7.82. The second-order valence-electron chi connectivity index (χ2n) is 2.12. The second kappa shape index (κ2) is 6.36. The maximum atomic E-state index is 8.95. The lowest BCUT2D eigenvalue weighted by atomic mass is 10.1. The molecule has 0 bridgehead atoms. The Morgan fingerprint density at radius 3 is 2.70 bits per heavy atom. The van der Waals surface area contributed by atoms with Crippen LogP contribution in [-0.2, 0) is 0 Å². The molecule has 0 amide bonds. The summed E-state index contributed by atoms with van der Waals surface area (Å²) < 4.78 is 0. The summed E-state index contributed by atoms with van der Waals surface area (Å²) in [5.74, 6) is 0. The molecule has 0 aliphatic heterocycles. The highest BCUT2D eigenvalue weighted by atomic mass is 16.3. The molecule has 0 saturated heterocycles. The van der Waals surface area contributed by atoms with Crippen LogP contribution >= 0.6 is 0 Å². The monoisotopic (exact) mass is 142 g/mol.